The topological polar surface area (TPSA) is 67.0 Å². The van der Waals surface area contributed by atoms with E-state index in [-0.39, 0.29) is 12.0 Å². The summed E-state index contributed by atoms with van der Waals surface area (Å²) in [5, 5.41) is 2.99. The number of unbranched alkanes of at least 4 members (excludes halogenated alkanes) is 5. The largest absolute Gasteiger partial charge is 0.465 e. The Hall–Kier alpha value is -1.36. The molecule has 1 heterocycles. The van der Waals surface area contributed by atoms with Gasteiger partial charge in [-0.25, -0.2) is 4.98 Å². The second-order valence-electron chi connectivity index (χ2n) is 5.06. The first-order valence-electron chi connectivity index (χ1n) is 7.59. The van der Waals surface area contributed by atoms with Gasteiger partial charge in [0.15, 0.2) is 0 Å². The summed E-state index contributed by atoms with van der Waals surface area (Å²) in [6.07, 6.45) is 11.1. The highest BCUT2D eigenvalue weighted by Crippen LogP contribution is 2.06. The molecule has 0 amide bonds. The molecule has 1 atom stereocenters. The highest BCUT2D eigenvalue weighted by Gasteiger charge is 2.18. The lowest BCUT2D eigenvalue weighted by Gasteiger charge is -2.14. The predicted molar refractivity (Wildman–Crippen MR) is 79.5 cm³/mol. The van der Waals surface area contributed by atoms with E-state index >= 15 is 0 Å². The van der Waals surface area contributed by atoms with Crippen molar-refractivity contribution < 1.29 is 9.53 Å². The van der Waals surface area contributed by atoms with Gasteiger partial charge in [0.25, 0.3) is 0 Å². The third kappa shape index (κ3) is 6.70. The minimum Gasteiger partial charge on any atom is -0.465 e. The molecule has 0 bridgehead atoms. The van der Waals surface area contributed by atoms with E-state index < -0.39 is 0 Å². The molecule has 0 aromatic carbocycles. The Kier molecular flexibility index (Phi) is 8.71. The average Bonchev–Trinajstić information content (AvgIpc) is 2.96. The molecule has 0 aliphatic rings. The summed E-state index contributed by atoms with van der Waals surface area (Å²) >= 11 is 0. The van der Waals surface area contributed by atoms with Gasteiger partial charge in [-0.15, -0.1) is 0 Å². The van der Waals surface area contributed by atoms with Crippen molar-refractivity contribution in [2.75, 3.05) is 13.7 Å². The molecule has 1 rings (SSSR count). The SMILES string of the molecule is CCCCCCCCOC(=O)[C@H](Cc1cnc[nH]1)NC. The lowest BCUT2D eigenvalue weighted by molar-refractivity contribution is -0.146. The maximum Gasteiger partial charge on any atom is 0.323 e. The second kappa shape index (κ2) is 10.4. The first kappa shape index (κ1) is 16.7. The Morgan fingerprint density at radius 1 is 1.35 bits per heavy atom. The average molecular weight is 281 g/mol. The van der Waals surface area contributed by atoms with Crippen LogP contribution < -0.4 is 5.32 Å². The number of rotatable bonds is 11. The third-order valence-corrected chi connectivity index (χ3v) is 3.35. The summed E-state index contributed by atoms with van der Waals surface area (Å²) in [6, 6.07) is -0.310. The summed E-state index contributed by atoms with van der Waals surface area (Å²) in [6.45, 7) is 2.73. The number of hydrogen-bond donors (Lipinski definition) is 2. The zero-order chi connectivity index (χ0) is 14.6. The number of aromatic nitrogens is 2. The van der Waals surface area contributed by atoms with Gasteiger partial charge in [-0.2, -0.15) is 0 Å². The number of hydrogen-bond acceptors (Lipinski definition) is 4. The summed E-state index contributed by atoms with van der Waals surface area (Å²) in [7, 11) is 1.77. The number of carbonyl (C=O) groups excluding carboxylic acids is 1. The fraction of sp³-hybridized carbons (Fsp3) is 0.733. The highest BCUT2D eigenvalue weighted by atomic mass is 16.5. The van der Waals surface area contributed by atoms with E-state index in [2.05, 4.69) is 22.2 Å². The lowest BCUT2D eigenvalue weighted by atomic mass is 10.1. The molecule has 20 heavy (non-hydrogen) atoms. The van der Waals surface area contributed by atoms with Crippen molar-refractivity contribution in [1.29, 1.82) is 0 Å². The van der Waals surface area contributed by atoms with Gasteiger partial charge in [0, 0.05) is 18.3 Å². The van der Waals surface area contributed by atoms with Crippen LogP contribution in [0.3, 0.4) is 0 Å². The Morgan fingerprint density at radius 3 is 2.75 bits per heavy atom. The molecule has 0 radical (unpaired) electrons. The van der Waals surface area contributed by atoms with Gasteiger partial charge >= 0.3 is 5.97 Å². The van der Waals surface area contributed by atoms with Gasteiger partial charge in [-0.1, -0.05) is 39.0 Å². The zero-order valence-electron chi connectivity index (χ0n) is 12.7. The van der Waals surface area contributed by atoms with Gasteiger partial charge in [0.1, 0.15) is 6.04 Å². The molecular formula is C15H27N3O2. The number of H-pyrrole nitrogens is 1. The molecule has 0 saturated carbocycles. The number of nitrogens with one attached hydrogen (secondary N) is 2. The number of nitrogens with zero attached hydrogens (tertiary/aromatic N) is 1. The van der Waals surface area contributed by atoms with Crippen LogP contribution in [0.1, 0.15) is 51.1 Å². The van der Waals surface area contributed by atoms with E-state index in [4.69, 9.17) is 4.74 Å². The van der Waals surface area contributed by atoms with Crippen LogP contribution in [0.2, 0.25) is 0 Å². The third-order valence-electron chi connectivity index (χ3n) is 3.35. The van der Waals surface area contributed by atoms with E-state index in [9.17, 15) is 4.79 Å². The molecule has 0 spiro atoms. The molecule has 1 aromatic heterocycles. The molecule has 5 nitrogen and oxygen atoms in total. The monoisotopic (exact) mass is 281 g/mol. The van der Waals surface area contributed by atoms with Gasteiger partial charge in [-0.05, 0) is 13.5 Å². The highest BCUT2D eigenvalue weighted by molar-refractivity contribution is 5.76. The van der Waals surface area contributed by atoms with Crippen LogP contribution in [0.5, 0.6) is 0 Å². The first-order valence-corrected chi connectivity index (χ1v) is 7.59. The standard InChI is InChI=1S/C15H27N3O2/c1-3-4-5-6-7-8-9-20-15(19)14(16-2)10-13-11-17-12-18-13/h11-12,14,16H,3-10H2,1-2H3,(H,17,18)/t14-/m0/s1. The molecule has 0 aliphatic heterocycles. The fourth-order valence-electron chi connectivity index (χ4n) is 2.08. The van der Waals surface area contributed by atoms with Crippen molar-refractivity contribution in [3.63, 3.8) is 0 Å². The van der Waals surface area contributed by atoms with E-state index in [1.165, 1.54) is 25.7 Å². The molecule has 1 aromatic rings. The number of ether oxygens (including phenoxy) is 1. The molecule has 0 unspecified atom stereocenters. The van der Waals surface area contributed by atoms with E-state index in [0.29, 0.717) is 13.0 Å². The van der Waals surface area contributed by atoms with Gasteiger partial charge < -0.3 is 15.0 Å². The Morgan fingerprint density at radius 2 is 2.10 bits per heavy atom. The van der Waals surface area contributed by atoms with Gasteiger partial charge in [-0.3, -0.25) is 4.79 Å². The van der Waals surface area contributed by atoms with Crippen LogP contribution in [-0.4, -0.2) is 35.6 Å². The summed E-state index contributed by atoms with van der Waals surface area (Å²) in [5.74, 6) is -0.185. The van der Waals surface area contributed by atoms with E-state index in [1.54, 1.807) is 19.6 Å². The van der Waals surface area contributed by atoms with Crippen molar-refractivity contribution in [3.05, 3.63) is 18.2 Å². The van der Waals surface area contributed by atoms with Gasteiger partial charge in [0.2, 0.25) is 0 Å². The minimum absolute atomic E-state index is 0.185. The summed E-state index contributed by atoms with van der Waals surface area (Å²) in [4.78, 5) is 18.9. The van der Waals surface area contributed by atoms with Crippen LogP contribution in [0, 0.1) is 0 Å². The molecule has 0 saturated heterocycles. The maximum atomic E-state index is 11.9. The normalized spacial score (nSPS) is 12.3. The molecule has 0 fully saturated rings. The Balaban J connectivity index is 2.13. The first-order chi connectivity index (χ1) is 9.77. The van der Waals surface area contributed by atoms with Crippen molar-refractivity contribution in [2.45, 2.75) is 57.9 Å². The second-order valence-corrected chi connectivity index (χ2v) is 5.06. The van der Waals surface area contributed by atoms with Crippen molar-refractivity contribution >= 4 is 5.97 Å². The Bertz CT molecular complexity index is 352. The molecule has 2 N–H and O–H groups in total. The molecule has 114 valence electrons. The van der Waals surface area contributed by atoms with Crippen molar-refractivity contribution in [1.82, 2.24) is 15.3 Å². The number of imidazole rings is 1. The van der Waals surface area contributed by atoms with Crippen LogP contribution in [0.4, 0.5) is 0 Å². The number of esters is 1. The number of carbonyl (C=O) groups is 1. The van der Waals surface area contributed by atoms with Gasteiger partial charge in [0.05, 0.1) is 12.9 Å². The molecule has 5 heteroatoms. The summed E-state index contributed by atoms with van der Waals surface area (Å²) < 4.78 is 5.31. The van der Waals surface area contributed by atoms with Crippen LogP contribution in [0.25, 0.3) is 0 Å². The smallest absolute Gasteiger partial charge is 0.323 e. The number of likely N-dealkylation sites (N-methyl/N-ethyl adjacent to an activating group) is 1. The van der Waals surface area contributed by atoms with E-state index in [0.717, 1.165) is 18.5 Å². The fourth-order valence-corrected chi connectivity index (χ4v) is 2.08. The quantitative estimate of drug-likeness (QED) is 0.483. The van der Waals surface area contributed by atoms with Crippen LogP contribution in [-0.2, 0) is 16.0 Å². The van der Waals surface area contributed by atoms with Crippen molar-refractivity contribution in [2.24, 2.45) is 0 Å². The molecule has 0 aliphatic carbocycles. The van der Waals surface area contributed by atoms with Crippen LogP contribution >= 0.6 is 0 Å². The molecular weight excluding hydrogens is 254 g/mol. The van der Waals surface area contributed by atoms with Crippen molar-refractivity contribution in [3.8, 4) is 0 Å². The Labute approximate surface area is 121 Å². The lowest BCUT2D eigenvalue weighted by Crippen LogP contribution is -2.37. The predicted octanol–water partition coefficient (Wildman–Crippen LogP) is 2.44. The van der Waals surface area contributed by atoms with Crippen LogP contribution in [0.15, 0.2) is 12.5 Å². The number of aromatic amines is 1. The minimum atomic E-state index is -0.310. The van der Waals surface area contributed by atoms with E-state index in [1.807, 2.05) is 0 Å². The summed E-state index contributed by atoms with van der Waals surface area (Å²) in [5.41, 5.74) is 0.931. The maximum absolute atomic E-state index is 11.9. The zero-order valence-corrected chi connectivity index (χ0v) is 12.7.